The number of ether oxygens (including phenoxy) is 1. The number of hydrogen-bond acceptors (Lipinski definition) is 4. The lowest BCUT2D eigenvalue weighted by molar-refractivity contribution is -0.136. The molecular formula is C11H12N2O4. The largest absolute Gasteiger partial charge is 0.490 e. The Bertz CT molecular complexity index is 451. The zero-order valence-corrected chi connectivity index (χ0v) is 9.14. The first-order valence-corrected chi connectivity index (χ1v) is 4.68. The molecule has 4 N–H and O–H groups in total. The maximum Gasteiger partial charge on any atom is 0.371 e. The van der Waals surface area contributed by atoms with Crippen LogP contribution in [0.15, 0.2) is 36.1 Å². The molecule has 6 heteroatoms. The number of methoxy groups -OCH3 is 1. The van der Waals surface area contributed by atoms with Crippen LogP contribution in [0.4, 0.5) is 11.4 Å². The van der Waals surface area contributed by atoms with Crippen LogP contribution in [0.3, 0.4) is 0 Å². The third kappa shape index (κ3) is 3.86. The summed E-state index contributed by atoms with van der Waals surface area (Å²) in [6.45, 7) is 0. The van der Waals surface area contributed by atoms with Gasteiger partial charge in [0, 0.05) is 11.4 Å². The molecule has 0 bridgehead atoms. The van der Waals surface area contributed by atoms with E-state index in [0.717, 1.165) is 6.08 Å². The van der Waals surface area contributed by atoms with Crippen molar-refractivity contribution in [2.75, 3.05) is 18.2 Å². The monoisotopic (exact) mass is 236 g/mol. The predicted octanol–water partition coefficient (Wildman–Crippen LogP) is 0.822. The normalized spacial score (nSPS) is 10.8. The summed E-state index contributed by atoms with van der Waals surface area (Å²) in [6, 6.07) is 6.45. The second kappa shape index (κ2) is 5.55. The van der Waals surface area contributed by atoms with E-state index in [1.165, 1.54) is 7.11 Å². The molecule has 0 heterocycles. The van der Waals surface area contributed by atoms with E-state index in [9.17, 15) is 9.59 Å². The Labute approximate surface area is 97.7 Å². The van der Waals surface area contributed by atoms with Crippen molar-refractivity contribution in [3.05, 3.63) is 36.1 Å². The standard InChI is InChI=1S/C11H12N2O4/c1-17-9(11(15)16)6-10(14)13-8-4-2-7(12)3-5-8/h2-6H,12H2,1H3,(H,13,14)(H,15,16)/b9-6+. The minimum Gasteiger partial charge on any atom is -0.490 e. The highest BCUT2D eigenvalue weighted by Crippen LogP contribution is 2.10. The maximum atomic E-state index is 11.4. The van der Waals surface area contributed by atoms with Gasteiger partial charge in [-0.3, -0.25) is 4.79 Å². The third-order valence-corrected chi connectivity index (χ3v) is 1.87. The fourth-order valence-electron chi connectivity index (χ4n) is 1.07. The van der Waals surface area contributed by atoms with Crippen molar-refractivity contribution in [1.82, 2.24) is 0 Å². The zero-order chi connectivity index (χ0) is 12.8. The predicted molar refractivity (Wildman–Crippen MR) is 62.2 cm³/mol. The lowest BCUT2D eigenvalue weighted by Crippen LogP contribution is -2.12. The van der Waals surface area contributed by atoms with E-state index in [4.69, 9.17) is 10.8 Å². The van der Waals surface area contributed by atoms with Crippen LogP contribution in [0.1, 0.15) is 0 Å². The number of carboxylic acids is 1. The molecule has 0 fully saturated rings. The molecule has 0 aliphatic heterocycles. The van der Waals surface area contributed by atoms with Gasteiger partial charge in [-0.1, -0.05) is 0 Å². The van der Waals surface area contributed by atoms with Crippen LogP contribution in [0, 0.1) is 0 Å². The van der Waals surface area contributed by atoms with Crippen LogP contribution in [-0.2, 0) is 14.3 Å². The highest BCUT2D eigenvalue weighted by Gasteiger charge is 2.09. The molecule has 0 saturated heterocycles. The lowest BCUT2D eigenvalue weighted by atomic mass is 10.3. The Morgan fingerprint density at radius 2 is 1.94 bits per heavy atom. The molecule has 0 aliphatic rings. The number of carbonyl (C=O) groups excluding carboxylic acids is 1. The van der Waals surface area contributed by atoms with Crippen LogP contribution in [0.2, 0.25) is 0 Å². The molecule has 0 aromatic heterocycles. The van der Waals surface area contributed by atoms with Gasteiger partial charge in [0.15, 0.2) is 0 Å². The van der Waals surface area contributed by atoms with E-state index in [1.54, 1.807) is 24.3 Å². The Balaban J connectivity index is 2.72. The number of aliphatic carboxylic acids is 1. The molecule has 1 aromatic carbocycles. The van der Waals surface area contributed by atoms with Gasteiger partial charge in [-0.25, -0.2) is 4.79 Å². The van der Waals surface area contributed by atoms with Crippen LogP contribution in [0.5, 0.6) is 0 Å². The van der Waals surface area contributed by atoms with E-state index in [-0.39, 0.29) is 0 Å². The summed E-state index contributed by atoms with van der Waals surface area (Å²) in [4.78, 5) is 22.0. The van der Waals surface area contributed by atoms with Gasteiger partial charge in [0.05, 0.1) is 13.2 Å². The van der Waals surface area contributed by atoms with Crippen molar-refractivity contribution in [2.24, 2.45) is 0 Å². The van der Waals surface area contributed by atoms with Gasteiger partial charge >= 0.3 is 5.97 Å². The second-order valence-corrected chi connectivity index (χ2v) is 3.13. The van der Waals surface area contributed by atoms with Crippen molar-refractivity contribution < 1.29 is 19.4 Å². The van der Waals surface area contributed by atoms with Gasteiger partial charge in [0.2, 0.25) is 5.76 Å². The lowest BCUT2D eigenvalue weighted by Gasteiger charge is -2.03. The smallest absolute Gasteiger partial charge is 0.371 e. The number of anilines is 2. The maximum absolute atomic E-state index is 11.4. The Morgan fingerprint density at radius 3 is 2.41 bits per heavy atom. The molecule has 1 rings (SSSR count). The van der Waals surface area contributed by atoms with Crippen molar-refractivity contribution in [2.45, 2.75) is 0 Å². The molecule has 1 amide bonds. The van der Waals surface area contributed by atoms with Gasteiger partial charge in [0.1, 0.15) is 0 Å². The first-order chi connectivity index (χ1) is 8.02. The number of nitrogen functional groups attached to an aromatic ring is 1. The minimum atomic E-state index is -1.31. The summed E-state index contributed by atoms with van der Waals surface area (Å²) in [5.74, 6) is -2.33. The van der Waals surface area contributed by atoms with Gasteiger partial charge in [-0.05, 0) is 24.3 Å². The third-order valence-electron chi connectivity index (χ3n) is 1.87. The number of nitrogens with two attached hydrogens (primary N) is 1. The number of carboxylic acid groups (broad SMARTS) is 1. The number of benzene rings is 1. The van der Waals surface area contributed by atoms with Gasteiger partial charge in [-0.15, -0.1) is 0 Å². The van der Waals surface area contributed by atoms with Gasteiger partial charge in [0.25, 0.3) is 5.91 Å². The summed E-state index contributed by atoms with van der Waals surface area (Å²) in [6.07, 6.45) is 0.860. The Hall–Kier alpha value is -2.50. The van der Waals surface area contributed by atoms with Crippen LogP contribution in [-0.4, -0.2) is 24.1 Å². The average Bonchev–Trinajstić information content (AvgIpc) is 2.28. The zero-order valence-electron chi connectivity index (χ0n) is 9.14. The molecule has 0 unspecified atom stereocenters. The number of nitrogens with one attached hydrogen (secondary N) is 1. The molecule has 90 valence electrons. The first-order valence-electron chi connectivity index (χ1n) is 4.68. The number of rotatable bonds is 4. The summed E-state index contributed by atoms with van der Waals surface area (Å²) in [7, 11) is 1.18. The first kappa shape index (κ1) is 12.6. The molecule has 1 aromatic rings. The van der Waals surface area contributed by atoms with Crippen molar-refractivity contribution in [1.29, 1.82) is 0 Å². The van der Waals surface area contributed by atoms with Gasteiger partial charge < -0.3 is 20.9 Å². The number of amides is 1. The van der Waals surface area contributed by atoms with E-state index in [0.29, 0.717) is 11.4 Å². The number of hydrogen-bond donors (Lipinski definition) is 3. The molecular weight excluding hydrogens is 224 g/mol. The molecule has 0 saturated carbocycles. The average molecular weight is 236 g/mol. The molecule has 0 spiro atoms. The van der Waals surface area contributed by atoms with Crippen LogP contribution in [0.25, 0.3) is 0 Å². The van der Waals surface area contributed by atoms with Crippen LogP contribution < -0.4 is 11.1 Å². The summed E-state index contributed by atoms with van der Waals surface area (Å²) in [5, 5.41) is 11.1. The Morgan fingerprint density at radius 1 is 1.35 bits per heavy atom. The minimum absolute atomic E-state index is 0.432. The second-order valence-electron chi connectivity index (χ2n) is 3.13. The van der Waals surface area contributed by atoms with E-state index in [1.807, 2.05) is 0 Å². The molecule has 0 atom stereocenters. The summed E-state index contributed by atoms with van der Waals surface area (Å²) >= 11 is 0. The highest BCUT2D eigenvalue weighted by molar-refractivity contribution is 6.03. The molecule has 17 heavy (non-hydrogen) atoms. The van der Waals surface area contributed by atoms with Crippen molar-refractivity contribution in [3.63, 3.8) is 0 Å². The van der Waals surface area contributed by atoms with E-state index >= 15 is 0 Å². The summed E-state index contributed by atoms with van der Waals surface area (Å²) < 4.78 is 4.52. The van der Waals surface area contributed by atoms with E-state index in [2.05, 4.69) is 10.1 Å². The van der Waals surface area contributed by atoms with Crippen molar-refractivity contribution >= 4 is 23.3 Å². The quantitative estimate of drug-likeness (QED) is 0.408. The van der Waals surface area contributed by atoms with Crippen LogP contribution >= 0.6 is 0 Å². The number of carbonyl (C=O) groups is 2. The van der Waals surface area contributed by atoms with E-state index < -0.39 is 17.6 Å². The Kier molecular flexibility index (Phi) is 4.10. The molecule has 0 radical (unpaired) electrons. The molecule has 6 nitrogen and oxygen atoms in total. The van der Waals surface area contributed by atoms with Gasteiger partial charge in [-0.2, -0.15) is 0 Å². The summed E-state index contributed by atoms with van der Waals surface area (Å²) in [5.41, 5.74) is 6.56. The SMILES string of the molecule is CO/C(=C/C(=O)Nc1ccc(N)cc1)C(=O)O. The fourth-order valence-corrected chi connectivity index (χ4v) is 1.07. The molecule has 0 aliphatic carbocycles. The van der Waals surface area contributed by atoms with Crippen molar-refractivity contribution in [3.8, 4) is 0 Å². The highest BCUT2D eigenvalue weighted by atomic mass is 16.5. The topological polar surface area (TPSA) is 102 Å². The fraction of sp³-hybridized carbons (Fsp3) is 0.0909.